The fourth-order valence-corrected chi connectivity index (χ4v) is 4.37. The highest BCUT2D eigenvalue weighted by atomic mass is 127. The van der Waals surface area contributed by atoms with E-state index in [-0.39, 0.29) is 29.5 Å². The average molecular weight is 550 g/mol. The molecule has 3 rings (SSSR count). The average Bonchev–Trinajstić information content (AvgIpc) is 2.72. The van der Waals surface area contributed by atoms with Crippen LogP contribution in [0.1, 0.15) is 25.3 Å². The first-order chi connectivity index (χ1) is 14.0. The highest BCUT2D eigenvalue weighted by molar-refractivity contribution is 14.0. The molecule has 0 unspecified atom stereocenters. The molecule has 0 radical (unpaired) electrons. The molecule has 0 amide bonds. The zero-order chi connectivity index (χ0) is 20.7. The van der Waals surface area contributed by atoms with Crippen molar-refractivity contribution in [2.75, 3.05) is 66.6 Å². The minimum absolute atomic E-state index is 0. The van der Waals surface area contributed by atoms with Gasteiger partial charge in [-0.05, 0) is 51.6 Å². The molecule has 0 bridgehead atoms. The summed E-state index contributed by atoms with van der Waals surface area (Å²) in [6, 6.07) is 8.17. The van der Waals surface area contributed by atoms with E-state index in [0.29, 0.717) is 0 Å². The summed E-state index contributed by atoms with van der Waals surface area (Å²) >= 11 is 6.13. The Kier molecular flexibility index (Phi) is 10.6. The first kappa shape index (κ1) is 25.6. The molecule has 1 N–H and O–H groups in total. The van der Waals surface area contributed by atoms with E-state index in [4.69, 9.17) is 21.3 Å². The van der Waals surface area contributed by atoms with Gasteiger partial charge in [0.25, 0.3) is 0 Å². The van der Waals surface area contributed by atoms with Gasteiger partial charge in [0.1, 0.15) is 0 Å². The molecule has 2 saturated heterocycles. The van der Waals surface area contributed by atoms with Crippen molar-refractivity contribution in [3.8, 4) is 0 Å². The van der Waals surface area contributed by atoms with Gasteiger partial charge in [-0.15, -0.1) is 24.0 Å². The molecule has 0 saturated carbocycles. The molecule has 8 heteroatoms. The SMILES string of the molecule is CCNC(=NCC1(N(C)C)CCOCC1)N1CCN(Cc2cccc(Cl)c2)CC1.I. The monoisotopic (exact) mass is 549 g/mol. The Morgan fingerprint density at radius 2 is 1.90 bits per heavy atom. The van der Waals surface area contributed by atoms with Crippen LogP contribution in [0.5, 0.6) is 0 Å². The molecule has 0 atom stereocenters. The maximum absolute atomic E-state index is 6.13. The number of nitrogens with one attached hydrogen (secondary N) is 1. The number of nitrogens with zero attached hydrogens (tertiary/aromatic N) is 4. The van der Waals surface area contributed by atoms with Crippen LogP contribution in [0.15, 0.2) is 29.3 Å². The van der Waals surface area contributed by atoms with Crippen LogP contribution in [-0.4, -0.2) is 92.8 Å². The number of rotatable bonds is 6. The van der Waals surface area contributed by atoms with Crippen LogP contribution in [0.2, 0.25) is 5.02 Å². The number of guanidine groups is 1. The second-order valence-electron chi connectivity index (χ2n) is 8.29. The highest BCUT2D eigenvalue weighted by Gasteiger charge is 2.35. The van der Waals surface area contributed by atoms with E-state index in [1.807, 2.05) is 12.1 Å². The standard InChI is InChI=1S/C22H36ClN5O.HI/c1-4-24-21(25-18-22(26(2)3)8-14-29-15-9-22)28-12-10-27(11-13-28)17-19-6-5-7-20(23)16-19;/h5-7,16H,4,8-15,17-18H2,1-3H3,(H,24,25);1H. The van der Waals surface area contributed by atoms with Crippen LogP contribution in [0.4, 0.5) is 0 Å². The molecule has 1 aromatic rings. The number of halogens is 2. The summed E-state index contributed by atoms with van der Waals surface area (Å²) in [6.45, 7) is 10.5. The molecule has 2 aliphatic heterocycles. The number of likely N-dealkylation sites (N-methyl/N-ethyl adjacent to an activating group) is 1. The number of hydrogen-bond donors (Lipinski definition) is 1. The first-order valence-electron chi connectivity index (χ1n) is 10.8. The predicted octanol–water partition coefficient (Wildman–Crippen LogP) is 3.15. The maximum atomic E-state index is 6.13. The Labute approximate surface area is 204 Å². The zero-order valence-electron chi connectivity index (χ0n) is 18.6. The molecule has 2 aliphatic rings. The molecule has 0 spiro atoms. The summed E-state index contributed by atoms with van der Waals surface area (Å²) < 4.78 is 5.60. The lowest BCUT2D eigenvalue weighted by Crippen LogP contribution is -2.54. The third-order valence-electron chi connectivity index (χ3n) is 6.20. The fourth-order valence-electron chi connectivity index (χ4n) is 4.16. The number of ether oxygens (including phenoxy) is 1. The summed E-state index contributed by atoms with van der Waals surface area (Å²) in [7, 11) is 4.34. The lowest BCUT2D eigenvalue weighted by molar-refractivity contribution is -0.00268. The molecule has 1 aromatic carbocycles. The molecule has 6 nitrogen and oxygen atoms in total. The van der Waals surface area contributed by atoms with Crippen LogP contribution in [-0.2, 0) is 11.3 Å². The van der Waals surface area contributed by atoms with E-state index in [2.05, 4.69) is 53.2 Å². The van der Waals surface area contributed by atoms with E-state index in [9.17, 15) is 0 Å². The summed E-state index contributed by atoms with van der Waals surface area (Å²) in [6.07, 6.45) is 2.08. The Hall–Kier alpha value is -0.610. The van der Waals surface area contributed by atoms with Crippen LogP contribution in [0.25, 0.3) is 0 Å². The summed E-state index contributed by atoms with van der Waals surface area (Å²) in [5.74, 6) is 1.04. The zero-order valence-corrected chi connectivity index (χ0v) is 21.7. The molecule has 2 fully saturated rings. The van der Waals surface area contributed by atoms with Crippen molar-refractivity contribution < 1.29 is 4.74 Å². The van der Waals surface area contributed by atoms with E-state index in [1.54, 1.807) is 0 Å². The molecule has 30 heavy (non-hydrogen) atoms. The van der Waals surface area contributed by atoms with Crippen molar-refractivity contribution in [1.82, 2.24) is 20.0 Å². The van der Waals surface area contributed by atoms with Gasteiger partial charge in [-0.3, -0.25) is 9.89 Å². The van der Waals surface area contributed by atoms with Gasteiger partial charge < -0.3 is 19.9 Å². The summed E-state index contributed by atoms with van der Waals surface area (Å²) in [4.78, 5) is 12.3. The minimum atomic E-state index is 0. The molecule has 170 valence electrons. The topological polar surface area (TPSA) is 43.3 Å². The van der Waals surface area contributed by atoms with Gasteiger partial charge in [0.05, 0.1) is 6.54 Å². The Morgan fingerprint density at radius 1 is 1.20 bits per heavy atom. The van der Waals surface area contributed by atoms with Gasteiger partial charge in [-0.25, -0.2) is 0 Å². The molecular formula is C22H37ClIN5O. The van der Waals surface area contributed by atoms with E-state index < -0.39 is 0 Å². The van der Waals surface area contributed by atoms with Crippen LogP contribution in [0.3, 0.4) is 0 Å². The van der Waals surface area contributed by atoms with Gasteiger partial charge in [-0.1, -0.05) is 23.7 Å². The quantitative estimate of drug-likeness (QED) is 0.336. The van der Waals surface area contributed by atoms with Crippen LogP contribution >= 0.6 is 35.6 Å². The molecule has 0 aromatic heterocycles. The summed E-state index contributed by atoms with van der Waals surface area (Å²) in [5, 5.41) is 4.32. The smallest absolute Gasteiger partial charge is 0.194 e. The Bertz CT molecular complexity index is 673. The first-order valence-corrected chi connectivity index (χ1v) is 11.2. The molecular weight excluding hydrogens is 513 g/mol. The Morgan fingerprint density at radius 3 is 2.50 bits per heavy atom. The van der Waals surface area contributed by atoms with Crippen molar-refractivity contribution in [3.63, 3.8) is 0 Å². The van der Waals surface area contributed by atoms with Crippen molar-refractivity contribution in [2.24, 2.45) is 4.99 Å². The normalized spacial score (nSPS) is 20.2. The van der Waals surface area contributed by atoms with Gasteiger partial charge in [0.2, 0.25) is 0 Å². The predicted molar refractivity (Wildman–Crippen MR) is 136 cm³/mol. The fraction of sp³-hybridized carbons (Fsp3) is 0.682. The van der Waals surface area contributed by atoms with E-state index in [0.717, 1.165) is 82.9 Å². The summed E-state index contributed by atoms with van der Waals surface area (Å²) in [5.41, 5.74) is 1.38. The number of benzene rings is 1. The minimum Gasteiger partial charge on any atom is -0.381 e. The molecule has 0 aliphatic carbocycles. The van der Waals surface area contributed by atoms with Crippen molar-refractivity contribution >= 4 is 41.5 Å². The second-order valence-corrected chi connectivity index (χ2v) is 8.73. The number of aliphatic imine (C=N–C) groups is 1. The maximum Gasteiger partial charge on any atom is 0.194 e. The van der Waals surface area contributed by atoms with Gasteiger partial charge in [0, 0.05) is 63.0 Å². The van der Waals surface area contributed by atoms with Crippen LogP contribution in [0, 0.1) is 0 Å². The van der Waals surface area contributed by atoms with E-state index >= 15 is 0 Å². The van der Waals surface area contributed by atoms with Crippen molar-refractivity contribution in [2.45, 2.75) is 31.8 Å². The van der Waals surface area contributed by atoms with Gasteiger partial charge >= 0.3 is 0 Å². The Balaban J connectivity index is 0.00000320. The van der Waals surface area contributed by atoms with Crippen LogP contribution < -0.4 is 5.32 Å². The number of hydrogen-bond acceptors (Lipinski definition) is 4. The largest absolute Gasteiger partial charge is 0.381 e. The van der Waals surface area contributed by atoms with Crippen molar-refractivity contribution in [1.29, 1.82) is 0 Å². The third kappa shape index (κ3) is 6.95. The lowest BCUT2D eigenvalue weighted by atomic mass is 9.89. The van der Waals surface area contributed by atoms with E-state index in [1.165, 1.54) is 5.56 Å². The molecule has 2 heterocycles. The highest BCUT2D eigenvalue weighted by Crippen LogP contribution is 2.26. The van der Waals surface area contributed by atoms with Gasteiger partial charge in [-0.2, -0.15) is 0 Å². The third-order valence-corrected chi connectivity index (χ3v) is 6.43. The number of piperazine rings is 1. The van der Waals surface area contributed by atoms with Crippen molar-refractivity contribution in [3.05, 3.63) is 34.9 Å². The lowest BCUT2D eigenvalue weighted by Gasteiger charge is -2.42. The van der Waals surface area contributed by atoms with Gasteiger partial charge in [0.15, 0.2) is 5.96 Å². The second kappa shape index (κ2) is 12.4.